The van der Waals surface area contributed by atoms with E-state index in [-0.39, 0.29) is 16.5 Å². The molecule has 0 aliphatic rings. The zero-order chi connectivity index (χ0) is 22.4. The number of anilines is 2. The maximum atomic E-state index is 11.4. The Bertz CT molecular complexity index is 1110. The van der Waals surface area contributed by atoms with E-state index in [0.29, 0.717) is 33.6 Å². The van der Waals surface area contributed by atoms with E-state index >= 15 is 0 Å². The van der Waals surface area contributed by atoms with Crippen molar-refractivity contribution in [2.75, 3.05) is 24.9 Å². The van der Waals surface area contributed by atoms with Crippen LogP contribution in [0.2, 0.25) is 5.02 Å². The molecule has 0 bridgehead atoms. The summed E-state index contributed by atoms with van der Waals surface area (Å²) in [5.74, 6) is 1.91. The van der Waals surface area contributed by atoms with Gasteiger partial charge < -0.3 is 24.8 Å². The summed E-state index contributed by atoms with van der Waals surface area (Å²) in [6, 6.07) is 16.1. The lowest BCUT2D eigenvalue weighted by atomic mass is 10.2. The minimum atomic E-state index is -0.512. The van der Waals surface area contributed by atoms with E-state index in [1.54, 1.807) is 55.6 Å². The van der Waals surface area contributed by atoms with Gasteiger partial charge in [0, 0.05) is 23.2 Å². The van der Waals surface area contributed by atoms with Gasteiger partial charge in [-0.2, -0.15) is 0 Å². The summed E-state index contributed by atoms with van der Waals surface area (Å²) in [6.45, 7) is 0. The molecule has 3 aromatic carbocycles. The first-order valence-corrected chi connectivity index (χ1v) is 9.69. The summed E-state index contributed by atoms with van der Waals surface area (Å²) >= 11 is 11.2. The van der Waals surface area contributed by atoms with Gasteiger partial charge in [0.25, 0.3) is 5.69 Å². The van der Waals surface area contributed by atoms with Crippen molar-refractivity contribution < 1.29 is 19.1 Å². The monoisotopic (exact) mass is 459 g/mol. The Morgan fingerprint density at radius 2 is 1.65 bits per heavy atom. The van der Waals surface area contributed by atoms with Crippen molar-refractivity contribution >= 4 is 46.0 Å². The van der Waals surface area contributed by atoms with Crippen molar-refractivity contribution in [1.29, 1.82) is 0 Å². The molecule has 0 fully saturated rings. The Balaban J connectivity index is 1.81. The van der Waals surface area contributed by atoms with Crippen molar-refractivity contribution in [3.05, 3.63) is 75.8 Å². The van der Waals surface area contributed by atoms with Crippen LogP contribution in [0.4, 0.5) is 17.1 Å². The quantitative estimate of drug-likeness (QED) is 0.257. The Labute approximate surface area is 188 Å². The maximum Gasteiger partial charge on any atom is 0.275 e. The number of thiocarbonyl (C=S) groups is 1. The van der Waals surface area contributed by atoms with Gasteiger partial charge in [-0.25, -0.2) is 0 Å². The van der Waals surface area contributed by atoms with Crippen LogP contribution in [0.3, 0.4) is 0 Å². The number of non-ortho nitro benzene ring substituents is 1. The molecule has 0 saturated heterocycles. The van der Waals surface area contributed by atoms with Crippen LogP contribution in [0.1, 0.15) is 0 Å². The van der Waals surface area contributed by atoms with E-state index in [1.165, 1.54) is 19.2 Å². The molecule has 0 amide bonds. The molecular weight excluding hydrogens is 442 g/mol. The highest BCUT2D eigenvalue weighted by molar-refractivity contribution is 7.80. The normalized spacial score (nSPS) is 10.2. The molecule has 0 saturated carbocycles. The summed E-state index contributed by atoms with van der Waals surface area (Å²) in [5, 5.41) is 18.0. The zero-order valence-corrected chi connectivity index (χ0v) is 18.1. The molecule has 0 heterocycles. The highest BCUT2D eigenvalue weighted by Gasteiger charge is 2.13. The van der Waals surface area contributed by atoms with Crippen LogP contribution in [0.5, 0.6) is 23.0 Å². The number of rotatable bonds is 7. The van der Waals surface area contributed by atoms with E-state index in [2.05, 4.69) is 10.6 Å². The van der Waals surface area contributed by atoms with Crippen LogP contribution in [0.15, 0.2) is 60.7 Å². The molecule has 31 heavy (non-hydrogen) atoms. The lowest BCUT2D eigenvalue weighted by Gasteiger charge is -2.15. The average molecular weight is 460 g/mol. The van der Waals surface area contributed by atoms with E-state index in [9.17, 15) is 10.1 Å². The standard InChI is InChI=1S/C21H18ClN3O5S/c1-28-17-7-8-20(29-2)19(12-17)24-21(31)23-14-9-15(25(26)27)11-18(10-14)30-16-5-3-13(22)4-6-16/h3-12H,1-2H3,(H2,23,24,31). The molecule has 0 spiro atoms. The largest absolute Gasteiger partial charge is 0.497 e. The number of benzene rings is 3. The summed E-state index contributed by atoms with van der Waals surface area (Å²) in [7, 11) is 3.08. The van der Waals surface area contributed by atoms with Gasteiger partial charge in [-0.3, -0.25) is 10.1 Å². The summed E-state index contributed by atoms with van der Waals surface area (Å²) in [4.78, 5) is 10.8. The summed E-state index contributed by atoms with van der Waals surface area (Å²) < 4.78 is 16.3. The first-order valence-electron chi connectivity index (χ1n) is 8.91. The fraction of sp³-hybridized carbons (Fsp3) is 0.0952. The number of nitrogens with zero attached hydrogens (tertiary/aromatic N) is 1. The Morgan fingerprint density at radius 1 is 0.935 bits per heavy atom. The number of nitro groups is 1. The molecule has 160 valence electrons. The van der Waals surface area contributed by atoms with Crippen LogP contribution >= 0.6 is 23.8 Å². The fourth-order valence-electron chi connectivity index (χ4n) is 2.65. The van der Waals surface area contributed by atoms with Crippen LogP contribution in [0.25, 0.3) is 0 Å². The van der Waals surface area contributed by atoms with E-state index < -0.39 is 4.92 Å². The Morgan fingerprint density at radius 3 is 2.29 bits per heavy atom. The van der Waals surface area contributed by atoms with Crippen LogP contribution in [-0.2, 0) is 0 Å². The molecule has 0 unspecified atom stereocenters. The third-order valence-electron chi connectivity index (χ3n) is 4.06. The maximum absolute atomic E-state index is 11.4. The second kappa shape index (κ2) is 9.96. The molecule has 0 aromatic heterocycles. The van der Waals surface area contributed by atoms with Gasteiger partial charge in [0.1, 0.15) is 23.0 Å². The van der Waals surface area contributed by atoms with E-state index in [4.69, 9.17) is 38.0 Å². The van der Waals surface area contributed by atoms with Crippen molar-refractivity contribution in [2.24, 2.45) is 0 Å². The van der Waals surface area contributed by atoms with Gasteiger partial charge in [0.05, 0.1) is 36.6 Å². The van der Waals surface area contributed by atoms with Crippen LogP contribution in [0, 0.1) is 10.1 Å². The molecule has 3 rings (SSSR count). The van der Waals surface area contributed by atoms with Crippen molar-refractivity contribution in [3.8, 4) is 23.0 Å². The summed E-state index contributed by atoms with van der Waals surface area (Å²) in [5.41, 5.74) is 0.788. The predicted molar refractivity (Wildman–Crippen MR) is 124 cm³/mol. The van der Waals surface area contributed by atoms with Gasteiger partial charge >= 0.3 is 0 Å². The van der Waals surface area contributed by atoms with Crippen molar-refractivity contribution in [2.45, 2.75) is 0 Å². The highest BCUT2D eigenvalue weighted by atomic mass is 35.5. The molecule has 0 atom stereocenters. The van der Waals surface area contributed by atoms with Crippen molar-refractivity contribution in [1.82, 2.24) is 0 Å². The van der Waals surface area contributed by atoms with Crippen molar-refractivity contribution in [3.63, 3.8) is 0 Å². The number of hydrogen-bond donors (Lipinski definition) is 2. The van der Waals surface area contributed by atoms with Gasteiger partial charge in [0.15, 0.2) is 5.11 Å². The van der Waals surface area contributed by atoms with Gasteiger partial charge in [-0.05, 0) is 48.6 Å². The molecule has 0 radical (unpaired) electrons. The third-order valence-corrected chi connectivity index (χ3v) is 4.52. The predicted octanol–water partition coefficient (Wildman–Crippen LogP) is 5.87. The summed E-state index contributed by atoms with van der Waals surface area (Å²) in [6.07, 6.45) is 0. The van der Waals surface area contributed by atoms with E-state index in [1.807, 2.05) is 0 Å². The highest BCUT2D eigenvalue weighted by Crippen LogP contribution is 2.32. The Hall–Kier alpha value is -3.56. The molecule has 0 aliphatic heterocycles. The number of halogens is 1. The van der Waals surface area contributed by atoms with Gasteiger partial charge in [-0.1, -0.05) is 11.6 Å². The van der Waals surface area contributed by atoms with Crippen LogP contribution in [-0.4, -0.2) is 24.3 Å². The zero-order valence-electron chi connectivity index (χ0n) is 16.5. The number of hydrogen-bond acceptors (Lipinski definition) is 6. The lowest BCUT2D eigenvalue weighted by molar-refractivity contribution is -0.384. The molecule has 2 N–H and O–H groups in total. The smallest absolute Gasteiger partial charge is 0.275 e. The molecule has 10 heteroatoms. The van der Waals surface area contributed by atoms with Gasteiger partial charge in [-0.15, -0.1) is 0 Å². The topological polar surface area (TPSA) is 94.9 Å². The second-order valence-electron chi connectivity index (χ2n) is 6.17. The molecule has 0 aliphatic carbocycles. The minimum Gasteiger partial charge on any atom is -0.497 e. The second-order valence-corrected chi connectivity index (χ2v) is 7.02. The third kappa shape index (κ3) is 5.97. The lowest BCUT2D eigenvalue weighted by Crippen LogP contribution is -2.19. The molecular formula is C21H18ClN3O5S. The fourth-order valence-corrected chi connectivity index (χ4v) is 3.01. The Kier molecular flexibility index (Phi) is 7.11. The molecule has 8 nitrogen and oxygen atoms in total. The number of ether oxygens (including phenoxy) is 3. The van der Waals surface area contributed by atoms with E-state index in [0.717, 1.165) is 0 Å². The SMILES string of the molecule is COc1ccc(OC)c(NC(=S)Nc2cc(Oc3ccc(Cl)cc3)cc([N+](=O)[O-])c2)c1. The number of nitrogens with one attached hydrogen (secondary N) is 2. The van der Waals surface area contributed by atoms with Crippen LogP contribution < -0.4 is 24.8 Å². The first-order chi connectivity index (χ1) is 14.9. The average Bonchev–Trinajstić information content (AvgIpc) is 2.75. The number of methoxy groups -OCH3 is 2. The first kappa shape index (κ1) is 22.1. The number of nitro benzene ring substituents is 1. The molecule has 3 aromatic rings. The van der Waals surface area contributed by atoms with Gasteiger partial charge in [0.2, 0.25) is 0 Å². The minimum absolute atomic E-state index is 0.157.